The average molecular weight is 136 g/mol. The molecule has 0 aromatic carbocycles. The maximum atomic E-state index is 5.33. The van der Waals surface area contributed by atoms with E-state index in [4.69, 9.17) is 4.74 Å². The summed E-state index contributed by atoms with van der Waals surface area (Å²) in [5.41, 5.74) is 1.49. The smallest absolute Gasteiger partial charge is 0.0683 e. The van der Waals surface area contributed by atoms with E-state index >= 15 is 0 Å². The Morgan fingerprint density at radius 2 is 2.40 bits per heavy atom. The molecule has 1 atom stereocenters. The predicted molar refractivity (Wildman–Crippen MR) is 40.8 cm³/mol. The van der Waals surface area contributed by atoms with Crippen molar-refractivity contribution in [2.24, 2.45) is 5.92 Å². The first-order valence-corrected chi connectivity index (χ1v) is 3.90. The molecule has 1 aliphatic carbocycles. The molecule has 1 aliphatic heterocycles. The van der Waals surface area contributed by atoms with Crippen molar-refractivity contribution in [3.63, 3.8) is 0 Å². The van der Waals surface area contributed by atoms with Gasteiger partial charge in [-0.3, -0.25) is 0 Å². The van der Waals surface area contributed by atoms with Gasteiger partial charge in [0.15, 0.2) is 0 Å². The van der Waals surface area contributed by atoms with Crippen molar-refractivity contribution >= 4 is 0 Å². The van der Waals surface area contributed by atoms with Gasteiger partial charge in [-0.2, -0.15) is 0 Å². The fourth-order valence-electron chi connectivity index (χ4n) is 1.53. The molecule has 1 heterocycles. The van der Waals surface area contributed by atoms with Gasteiger partial charge in [0.1, 0.15) is 0 Å². The summed E-state index contributed by atoms with van der Waals surface area (Å²) in [6.07, 6.45) is 9.29. The molecule has 0 aromatic heterocycles. The lowest BCUT2D eigenvalue weighted by atomic mass is 10.0. The van der Waals surface area contributed by atoms with E-state index in [1.165, 1.54) is 18.4 Å². The summed E-state index contributed by atoms with van der Waals surface area (Å²) in [6.45, 7) is 1.78. The Morgan fingerprint density at radius 3 is 3.40 bits per heavy atom. The fourth-order valence-corrected chi connectivity index (χ4v) is 1.53. The molecule has 0 unspecified atom stereocenters. The van der Waals surface area contributed by atoms with Crippen LogP contribution in [0.1, 0.15) is 12.8 Å². The highest BCUT2D eigenvalue weighted by Crippen LogP contribution is 2.24. The van der Waals surface area contributed by atoms with E-state index in [0.29, 0.717) is 5.92 Å². The topological polar surface area (TPSA) is 9.23 Å². The highest BCUT2D eigenvalue weighted by atomic mass is 16.5. The minimum absolute atomic E-state index is 0.613. The second-order valence-corrected chi connectivity index (χ2v) is 2.91. The van der Waals surface area contributed by atoms with E-state index < -0.39 is 0 Å². The minimum Gasteiger partial charge on any atom is -0.376 e. The van der Waals surface area contributed by atoms with E-state index in [0.717, 1.165) is 13.2 Å². The third-order valence-electron chi connectivity index (χ3n) is 2.15. The lowest BCUT2D eigenvalue weighted by Crippen LogP contribution is -1.95. The third-order valence-corrected chi connectivity index (χ3v) is 2.15. The van der Waals surface area contributed by atoms with Gasteiger partial charge in [0.05, 0.1) is 13.2 Å². The van der Waals surface area contributed by atoms with Gasteiger partial charge >= 0.3 is 0 Å². The van der Waals surface area contributed by atoms with Crippen molar-refractivity contribution in [1.29, 1.82) is 0 Å². The minimum atomic E-state index is 0.613. The molecule has 0 N–H and O–H groups in total. The Bertz CT molecular complexity index is 179. The fraction of sp³-hybridized carbons (Fsp3) is 0.556. The highest BCUT2D eigenvalue weighted by molar-refractivity contribution is 5.19. The molecule has 0 aromatic rings. The van der Waals surface area contributed by atoms with Crippen molar-refractivity contribution < 1.29 is 4.74 Å². The van der Waals surface area contributed by atoms with Crippen molar-refractivity contribution in [3.05, 3.63) is 23.8 Å². The molecule has 1 nitrogen and oxygen atoms in total. The number of hydrogen-bond donors (Lipinski definition) is 0. The van der Waals surface area contributed by atoms with Gasteiger partial charge in [0.2, 0.25) is 0 Å². The van der Waals surface area contributed by atoms with Crippen LogP contribution in [0.4, 0.5) is 0 Å². The molecule has 0 radical (unpaired) electrons. The normalized spacial score (nSPS) is 31.2. The molecule has 10 heavy (non-hydrogen) atoms. The van der Waals surface area contributed by atoms with Crippen LogP contribution in [-0.4, -0.2) is 13.2 Å². The van der Waals surface area contributed by atoms with Gasteiger partial charge in [-0.05, 0) is 18.4 Å². The quantitative estimate of drug-likeness (QED) is 0.462. The summed E-state index contributed by atoms with van der Waals surface area (Å²) in [4.78, 5) is 0. The standard InChI is InChI=1S/C9H12O/c1-2-4-8-6-10-7-9(8)5-3-1/h2,4-5,8H,1,3,6-7H2/t8-/m1/s1. The van der Waals surface area contributed by atoms with E-state index in [2.05, 4.69) is 18.2 Å². The average Bonchev–Trinajstić information content (AvgIpc) is 2.28. The summed E-state index contributed by atoms with van der Waals surface area (Å²) in [5, 5.41) is 0. The number of rotatable bonds is 0. The van der Waals surface area contributed by atoms with Crippen molar-refractivity contribution in [3.8, 4) is 0 Å². The van der Waals surface area contributed by atoms with Crippen LogP contribution in [-0.2, 0) is 4.74 Å². The maximum absolute atomic E-state index is 5.33. The lowest BCUT2D eigenvalue weighted by Gasteiger charge is -1.99. The zero-order valence-corrected chi connectivity index (χ0v) is 6.05. The van der Waals surface area contributed by atoms with Crippen LogP contribution in [0.25, 0.3) is 0 Å². The van der Waals surface area contributed by atoms with Crippen LogP contribution in [0.2, 0.25) is 0 Å². The maximum Gasteiger partial charge on any atom is 0.0683 e. The molecule has 0 spiro atoms. The molecular formula is C9H12O. The molecule has 0 bridgehead atoms. The van der Waals surface area contributed by atoms with Crippen molar-refractivity contribution in [1.82, 2.24) is 0 Å². The van der Waals surface area contributed by atoms with E-state index in [1.807, 2.05) is 0 Å². The van der Waals surface area contributed by atoms with Gasteiger partial charge in [-0.1, -0.05) is 18.2 Å². The Morgan fingerprint density at radius 1 is 1.40 bits per heavy atom. The first-order chi connectivity index (χ1) is 4.97. The number of hydrogen-bond acceptors (Lipinski definition) is 1. The Hall–Kier alpha value is -0.560. The van der Waals surface area contributed by atoms with Crippen LogP contribution in [0.15, 0.2) is 23.8 Å². The summed E-state index contributed by atoms with van der Waals surface area (Å²) in [5.74, 6) is 0.613. The molecule has 0 amide bonds. The van der Waals surface area contributed by atoms with Gasteiger partial charge in [0.25, 0.3) is 0 Å². The summed E-state index contributed by atoms with van der Waals surface area (Å²) in [7, 11) is 0. The van der Waals surface area contributed by atoms with Crippen LogP contribution < -0.4 is 0 Å². The van der Waals surface area contributed by atoms with E-state index in [1.54, 1.807) is 0 Å². The third kappa shape index (κ3) is 1.01. The molecule has 1 heteroatoms. The molecular weight excluding hydrogens is 124 g/mol. The van der Waals surface area contributed by atoms with Gasteiger partial charge < -0.3 is 4.74 Å². The second-order valence-electron chi connectivity index (χ2n) is 2.91. The zero-order valence-electron chi connectivity index (χ0n) is 6.05. The first-order valence-electron chi connectivity index (χ1n) is 3.90. The van der Waals surface area contributed by atoms with Crippen LogP contribution in [0, 0.1) is 5.92 Å². The van der Waals surface area contributed by atoms with Crippen LogP contribution in [0.5, 0.6) is 0 Å². The number of fused-ring (bicyclic) bond motifs is 1. The Labute approximate surface area is 61.4 Å². The lowest BCUT2D eigenvalue weighted by molar-refractivity contribution is 0.195. The zero-order chi connectivity index (χ0) is 6.81. The summed E-state index contributed by atoms with van der Waals surface area (Å²) >= 11 is 0. The molecule has 1 saturated heterocycles. The number of allylic oxidation sites excluding steroid dienone is 2. The molecule has 2 rings (SSSR count). The van der Waals surface area contributed by atoms with Crippen LogP contribution >= 0.6 is 0 Å². The van der Waals surface area contributed by atoms with Crippen molar-refractivity contribution in [2.75, 3.05) is 13.2 Å². The number of ether oxygens (including phenoxy) is 1. The summed E-state index contributed by atoms with van der Waals surface area (Å²) in [6, 6.07) is 0. The van der Waals surface area contributed by atoms with Crippen molar-refractivity contribution in [2.45, 2.75) is 12.8 Å². The molecule has 2 aliphatic rings. The predicted octanol–water partition coefficient (Wildman–Crippen LogP) is 1.91. The van der Waals surface area contributed by atoms with Crippen LogP contribution in [0.3, 0.4) is 0 Å². The SMILES string of the molecule is C1=C[C@@H]2COCC2=CCC1. The second kappa shape index (κ2) is 2.59. The first kappa shape index (κ1) is 6.17. The largest absolute Gasteiger partial charge is 0.376 e. The monoisotopic (exact) mass is 136 g/mol. The highest BCUT2D eigenvalue weighted by Gasteiger charge is 2.18. The molecule has 0 saturated carbocycles. The Kier molecular flexibility index (Phi) is 1.60. The summed E-state index contributed by atoms with van der Waals surface area (Å²) < 4.78 is 5.33. The molecule has 54 valence electrons. The van der Waals surface area contributed by atoms with E-state index in [9.17, 15) is 0 Å². The van der Waals surface area contributed by atoms with Gasteiger partial charge in [0, 0.05) is 5.92 Å². The molecule has 1 fully saturated rings. The van der Waals surface area contributed by atoms with E-state index in [-0.39, 0.29) is 0 Å². The van der Waals surface area contributed by atoms with Gasteiger partial charge in [-0.25, -0.2) is 0 Å². The van der Waals surface area contributed by atoms with Gasteiger partial charge in [-0.15, -0.1) is 0 Å². The Balaban J connectivity index is 2.20.